The number of hydrogen-bond acceptors (Lipinski definition) is 6. The molecule has 2 aromatic rings. The molecule has 0 aliphatic carbocycles. The SMILES string of the molecule is CCC(O)(NC(C)C)Oc1nccnc1Sc1ccccc1. The van der Waals surface area contributed by atoms with Gasteiger partial charge in [-0.1, -0.05) is 36.9 Å². The van der Waals surface area contributed by atoms with Crippen molar-refractivity contribution in [2.24, 2.45) is 0 Å². The summed E-state index contributed by atoms with van der Waals surface area (Å²) in [5.74, 6) is -1.15. The minimum absolute atomic E-state index is 0.0758. The van der Waals surface area contributed by atoms with Crippen LogP contribution in [0, 0.1) is 0 Å². The molecule has 118 valence electrons. The summed E-state index contributed by atoms with van der Waals surface area (Å²) in [6.07, 6.45) is 3.55. The number of aliphatic hydroxyl groups is 1. The van der Waals surface area contributed by atoms with Crippen molar-refractivity contribution in [2.75, 3.05) is 0 Å². The van der Waals surface area contributed by atoms with Crippen LogP contribution in [-0.4, -0.2) is 27.0 Å². The van der Waals surface area contributed by atoms with E-state index in [1.54, 1.807) is 12.4 Å². The van der Waals surface area contributed by atoms with Gasteiger partial charge in [-0.05, 0) is 26.0 Å². The highest BCUT2D eigenvalue weighted by Crippen LogP contribution is 2.32. The third-order valence-corrected chi connectivity index (χ3v) is 3.83. The molecular formula is C16H21N3O2S. The predicted molar refractivity (Wildman–Crippen MR) is 86.7 cm³/mol. The number of rotatable bonds is 7. The maximum atomic E-state index is 10.5. The van der Waals surface area contributed by atoms with E-state index in [0.29, 0.717) is 17.3 Å². The van der Waals surface area contributed by atoms with E-state index in [4.69, 9.17) is 4.74 Å². The van der Waals surface area contributed by atoms with E-state index in [1.807, 2.05) is 51.1 Å². The van der Waals surface area contributed by atoms with Crippen LogP contribution in [0.15, 0.2) is 52.6 Å². The Morgan fingerprint density at radius 2 is 1.91 bits per heavy atom. The lowest BCUT2D eigenvalue weighted by Crippen LogP contribution is -2.53. The molecule has 1 atom stereocenters. The lowest BCUT2D eigenvalue weighted by Gasteiger charge is -2.30. The average Bonchev–Trinajstić information content (AvgIpc) is 2.49. The first-order valence-electron chi connectivity index (χ1n) is 7.25. The smallest absolute Gasteiger partial charge is 0.269 e. The first-order chi connectivity index (χ1) is 10.5. The van der Waals surface area contributed by atoms with Gasteiger partial charge in [-0.3, -0.25) is 5.32 Å². The molecule has 2 rings (SSSR count). The van der Waals surface area contributed by atoms with Crippen LogP contribution in [0.4, 0.5) is 0 Å². The number of nitrogens with zero attached hydrogens (tertiary/aromatic N) is 2. The molecule has 1 unspecified atom stereocenters. The summed E-state index contributed by atoms with van der Waals surface area (Å²) in [7, 11) is 0. The molecule has 0 spiro atoms. The second kappa shape index (κ2) is 7.58. The fourth-order valence-corrected chi connectivity index (χ4v) is 2.68. The number of nitrogens with one attached hydrogen (secondary N) is 1. The highest BCUT2D eigenvalue weighted by molar-refractivity contribution is 7.99. The van der Waals surface area contributed by atoms with E-state index in [2.05, 4.69) is 15.3 Å². The lowest BCUT2D eigenvalue weighted by molar-refractivity contribution is -0.173. The second-order valence-electron chi connectivity index (χ2n) is 5.12. The van der Waals surface area contributed by atoms with Crippen LogP contribution in [0.3, 0.4) is 0 Å². The largest absolute Gasteiger partial charge is 0.429 e. The fraction of sp³-hybridized carbons (Fsp3) is 0.375. The summed E-state index contributed by atoms with van der Waals surface area (Å²) in [5.41, 5.74) is 0. The number of ether oxygens (including phenoxy) is 1. The molecule has 0 fully saturated rings. The Labute approximate surface area is 135 Å². The lowest BCUT2D eigenvalue weighted by atomic mass is 10.3. The standard InChI is InChI=1S/C16H21N3O2S/c1-4-16(20,19-12(2)3)21-14-15(18-11-10-17-14)22-13-8-6-5-7-9-13/h5-12,19-20H,4H2,1-3H3. The van der Waals surface area contributed by atoms with Gasteiger partial charge in [0.1, 0.15) is 0 Å². The van der Waals surface area contributed by atoms with Crippen molar-refractivity contribution < 1.29 is 9.84 Å². The van der Waals surface area contributed by atoms with Gasteiger partial charge in [0.25, 0.3) is 11.8 Å². The second-order valence-corrected chi connectivity index (χ2v) is 6.18. The van der Waals surface area contributed by atoms with Crippen LogP contribution in [0.2, 0.25) is 0 Å². The summed E-state index contributed by atoms with van der Waals surface area (Å²) >= 11 is 1.45. The normalized spacial score (nSPS) is 13.9. The average molecular weight is 319 g/mol. The van der Waals surface area contributed by atoms with E-state index in [-0.39, 0.29) is 6.04 Å². The van der Waals surface area contributed by atoms with Crippen LogP contribution >= 0.6 is 11.8 Å². The van der Waals surface area contributed by atoms with Crippen molar-refractivity contribution >= 4 is 11.8 Å². The molecule has 1 heterocycles. The molecule has 1 aromatic carbocycles. The first kappa shape index (κ1) is 16.7. The Kier molecular flexibility index (Phi) is 5.76. The molecule has 0 saturated carbocycles. The Morgan fingerprint density at radius 1 is 1.23 bits per heavy atom. The summed E-state index contributed by atoms with van der Waals surface area (Å²) in [4.78, 5) is 9.55. The van der Waals surface area contributed by atoms with E-state index in [1.165, 1.54) is 11.8 Å². The molecule has 0 radical (unpaired) electrons. The number of hydrogen-bond donors (Lipinski definition) is 2. The van der Waals surface area contributed by atoms with Gasteiger partial charge in [0.05, 0.1) is 0 Å². The van der Waals surface area contributed by atoms with Crippen molar-refractivity contribution in [3.63, 3.8) is 0 Å². The summed E-state index contributed by atoms with van der Waals surface area (Å²) in [6, 6.07) is 9.93. The molecule has 6 heteroatoms. The zero-order chi connectivity index (χ0) is 16.0. The van der Waals surface area contributed by atoms with Crippen molar-refractivity contribution in [3.8, 4) is 5.88 Å². The van der Waals surface area contributed by atoms with Gasteiger partial charge in [-0.2, -0.15) is 0 Å². The van der Waals surface area contributed by atoms with Gasteiger partial charge >= 0.3 is 0 Å². The summed E-state index contributed by atoms with van der Waals surface area (Å²) in [5, 5.41) is 14.1. The highest BCUT2D eigenvalue weighted by atomic mass is 32.2. The van der Waals surface area contributed by atoms with Crippen LogP contribution in [0.25, 0.3) is 0 Å². The third-order valence-electron chi connectivity index (χ3n) is 2.85. The van der Waals surface area contributed by atoms with Crippen molar-refractivity contribution in [1.82, 2.24) is 15.3 Å². The highest BCUT2D eigenvalue weighted by Gasteiger charge is 2.29. The van der Waals surface area contributed by atoms with E-state index in [9.17, 15) is 5.11 Å². The summed E-state index contributed by atoms with van der Waals surface area (Å²) < 4.78 is 5.72. The Morgan fingerprint density at radius 3 is 2.55 bits per heavy atom. The van der Waals surface area contributed by atoms with Crippen LogP contribution in [0.5, 0.6) is 5.88 Å². The van der Waals surface area contributed by atoms with E-state index < -0.39 is 5.91 Å². The zero-order valence-electron chi connectivity index (χ0n) is 13.0. The molecule has 0 saturated heterocycles. The van der Waals surface area contributed by atoms with Gasteiger partial charge < -0.3 is 9.84 Å². The monoisotopic (exact) mass is 319 g/mol. The van der Waals surface area contributed by atoms with Gasteiger partial charge in [-0.25, -0.2) is 9.97 Å². The van der Waals surface area contributed by atoms with Crippen LogP contribution in [-0.2, 0) is 0 Å². The van der Waals surface area contributed by atoms with E-state index in [0.717, 1.165) is 4.90 Å². The predicted octanol–water partition coefficient (Wildman–Crippen LogP) is 3.06. The molecule has 2 N–H and O–H groups in total. The topological polar surface area (TPSA) is 67.3 Å². The van der Waals surface area contributed by atoms with E-state index >= 15 is 0 Å². The van der Waals surface area contributed by atoms with Crippen LogP contribution < -0.4 is 10.1 Å². The molecule has 0 amide bonds. The molecular weight excluding hydrogens is 298 g/mol. The van der Waals surface area contributed by atoms with Crippen molar-refractivity contribution in [3.05, 3.63) is 42.7 Å². The Hall–Kier alpha value is -1.63. The van der Waals surface area contributed by atoms with Gasteiger partial charge in [0, 0.05) is 29.8 Å². The Balaban J connectivity index is 2.21. The van der Waals surface area contributed by atoms with Gasteiger partial charge in [0.15, 0.2) is 5.03 Å². The van der Waals surface area contributed by atoms with Crippen LogP contribution in [0.1, 0.15) is 27.2 Å². The molecule has 0 bridgehead atoms. The fourth-order valence-electron chi connectivity index (χ4n) is 1.87. The number of aromatic nitrogens is 2. The molecule has 1 aromatic heterocycles. The quantitative estimate of drug-likeness (QED) is 0.765. The minimum atomic E-state index is -1.46. The molecule has 0 aliphatic heterocycles. The molecule has 22 heavy (non-hydrogen) atoms. The molecule has 0 aliphatic rings. The zero-order valence-corrected chi connectivity index (χ0v) is 13.8. The minimum Gasteiger partial charge on any atom is -0.429 e. The van der Waals surface area contributed by atoms with Crippen molar-refractivity contribution in [2.45, 2.75) is 49.1 Å². The maximum Gasteiger partial charge on any atom is 0.269 e. The molecule has 5 nitrogen and oxygen atoms in total. The summed E-state index contributed by atoms with van der Waals surface area (Å²) in [6.45, 7) is 5.73. The maximum absolute atomic E-state index is 10.5. The third kappa shape index (κ3) is 4.69. The number of benzene rings is 1. The van der Waals surface area contributed by atoms with Gasteiger partial charge in [0.2, 0.25) is 0 Å². The van der Waals surface area contributed by atoms with Crippen molar-refractivity contribution in [1.29, 1.82) is 0 Å². The Bertz CT molecular complexity index is 595. The van der Waals surface area contributed by atoms with Gasteiger partial charge in [-0.15, -0.1) is 0 Å². The first-order valence-corrected chi connectivity index (χ1v) is 8.07.